The molecule has 0 saturated carbocycles. The number of halogens is 1. The normalized spacial score (nSPS) is 18.4. The Balaban J connectivity index is 0. The summed E-state index contributed by atoms with van der Waals surface area (Å²) in [6.45, 7) is 1.84. The van der Waals surface area contributed by atoms with E-state index in [1.54, 1.807) is 0 Å². The highest BCUT2D eigenvalue weighted by Gasteiger charge is 2.34. The van der Waals surface area contributed by atoms with Gasteiger partial charge < -0.3 is 47.5 Å². The minimum atomic E-state index is -0.969. The predicted molar refractivity (Wildman–Crippen MR) is 73.9 cm³/mol. The second kappa shape index (κ2) is 12.5. The van der Waals surface area contributed by atoms with Gasteiger partial charge in [-0.15, -0.1) is 0 Å². The topological polar surface area (TPSA) is 121 Å². The minimum Gasteiger partial charge on any atom is -1.00 e. The molecule has 130 valence electrons. The smallest absolute Gasteiger partial charge is 0.126 e. The molecule has 0 fully saturated rings. The average molecular weight is 332 g/mol. The average Bonchev–Trinajstić information content (AvgIpc) is 2.44. The van der Waals surface area contributed by atoms with Gasteiger partial charge in [0.1, 0.15) is 37.9 Å². The number of unbranched alkanes of at least 4 members (excludes halogenated alkanes) is 1. The number of hydrogen-bond donors (Lipinski definition) is 6. The van der Waals surface area contributed by atoms with E-state index in [1.165, 1.54) is 0 Å². The van der Waals surface area contributed by atoms with Crippen LogP contribution >= 0.6 is 0 Å². The lowest BCUT2D eigenvalue weighted by atomic mass is 10.1. The summed E-state index contributed by atoms with van der Waals surface area (Å²) in [5.74, 6) is 0. The van der Waals surface area contributed by atoms with Crippen molar-refractivity contribution in [3.63, 3.8) is 0 Å². The third-order valence-electron chi connectivity index (χ3n) is 3.41. The van der Waals surface area contributed by atoms with Crippen molar-refractivity contribution in [3.05, 3.63) is 0 Å². The van der Waals surface area contributed by atoms with Crippen molar-refractivity contribution in [3.8, 4) is 0 Å². The molecule has 3 unspecified atom stereocenters. The van der Waals surface area contributed by atoms with Crippen LogP contribution in [0.2, 0.25) is 0 Å². The largest absolute Gasteiger partial charge is 1.00 e. The van der Waals surface area contributed by atoms with E-state index in [1.807, 2.05) is 6.92 Å². The maximum atomic E-state index is 9.71. The first-order valence-electron chi connectivity index (χ1n) is 7.14. The molecule has 0 heterocycles. The Kier molecular flexibility index (Phi) is 13.9. The maximum Gasteiger partial charge on any atom is 0.126 e. The quantitative estimate of drug-likeness (QED) is 0.199. The third kappa shape index (κ3) is 9.59. The number of aliphatic hydroxyl groups excluding tert-OH is 6. The van der Waals surface area contributed by atoms with E-state index in [9.17, 15) is 15.3 Å². The molecule has 0 aromatic heterocycles. The summed E-state index contributed by atoms with van der Waals surface area (Å²) in [7, 11) is 0. The maximum absolute atomic E-state index is 9.71. The predicted octanol–water partition coefficient (Wildman–Crippen LogP) is -5.33. The lowest BCUT2D eigenvalue weighted by molar-refractivity contribution is -0.936. The van der Waals surface area contributed by atoms with Crippen LogP contribution < -0.4 is 12.4 Å². The van der Waals surface area contributed by atoms with Gasteiger partial charge in [0.2, 0.25) is 0 Å². The molecular formula is C13H30ClNO6. The number of nitrogens with zero attached hydrogens (tertiary/aromatic N) is 1. The fourth-order valence-corrected chi connectivity index (χ4v) is 2.51. The van der Waals surface area contributed by atoms with Crippen molar-refractivity contribution >= 4 is 0 Å². The molecule has 0 bridgehead atoms. The highest BCUT2D eigenvalue weighted by atomic mass is 35.5. The molecule has 21 heavy (non-hydrogen) atoms. The number of hydrogen-bond acceptors (Lipinski definition) is 6. The Morgan fingerprint density at radius 1 is 0.762 bits per heavy atom. The Bertz CT molecular complexity index is 215. The third-order valence-corrected chi connectivity index (χ3v) is 3.41. The van der Waals surface area contributed by atoms with Crippen LogP contribution in [0, 0.1) is 0 Å². The molecule has 8 heteroatoms. The zero-order chi connectivity index (χ0) is 15.6. The Morgan fingerprint density at radius 2 is 1.10 bits per heavy atom. The Hall–Kier alpha value is 0.01000. The van der Waals surface area contributed by atoms with Crippen molar-refractivity contribution in [2.24, 2.45) is 0 Å². The molecule has 0 amide bonds. The van der Waals surface area contributed by atoms with Crippen molar-refractivity contribution in [1.82, 2.24) is 0 Å². The van der Waals surface area contributed by atoms with Crippen LogP contribution in [-0.2, 0) is 0 Å². The van der Waals surface area contributed by atoms with Crippen LogP contribution in [0.15, 0.2) is 0 Å². The highest BCUT2D eigenvalue weighted by Crippen LogP contribution is 2.15. The van der Waals surface area contributed by atoms with Crippen molar-refractivity contribution in [2.45, 2.75) is 38.1 Å². The number of quaternary nitrogens is 1. The molecule has 0 aliphatic rings. The van der Waals surface area contributed by atoms with Gasteiger partial charge in [-0.25, -0.2) is 0 Å². The molecular weight excluding hydrogens is 302 g/mol. The van der Waals surface area contributed by atoms with Crippen LogP contribution in [0.4, 0.5) is 0 Å². The van der Waals surface area contributed by atoms with E-state index in [-0.39, 0.29) is 36.5 Å². The van der Waals surface area contributed by atoms with Gasteiger partial charge in [-0.05, 0) is 6.42 Å². The summed E-state index contributed by atoms with van der Waals surface area (Å²) < 4.78 is 0.152. The summed E-state index contributed by atoms with van der Waals surface area (Å²) in [6, 6.07) is 0. The standard InChI is InChI=1S/C13H30NO6.ClH/c1-2-3-4-14(5-11(18)8-15,6-12(19)9-16)7-13(20)10-17;/h11-13,15-20H,2-10H2,1H3;1H/q+1;/p-1. The first kappa shape index (κ1) is 23.3. The van der Waals surface area contributed by atoms with Crippen LogP contribution in [-0.4, -0.2) is 99.4 Å². The van der Waals surface area contributed by atoms with Gasteiger partial charge in [0.15, 0.2) is 0 Å². The van der Waals surface area contributed by atoms with Gasteiger partial charge in [-0.3, -0.25) is 0 Å². The molecule has 3 atom stereocenters. The van der Waals surface area contributed by atoms with Gasteiger partial charge in [-0.2, -0.15) is 0 Å². The monoisotopic (exact) mass is 331 g/mol. The molecule has 7 nitrogen and oxygen atoms in total. The van der Waals surface area contributed by atoms with Crippen LogP contribution in [0.25, 0.3) is 0 Å². The molecule has 0 rings (SSSR count). The van der Waals surface area contributed by atoms with E-state index in [4.69, 9.17) is 15.3 Å². The summed E-state index contributed by atoms with van der Waals surface area (Å²) in [6.07, 6.45) is -1.19. The molecule has 0 aromatic carbocycles. The molecule has 0 aliphatic carbocycles. The van der Waals surface area contributed by atoms with Gasteiger partial charge in [0, 0.05) is 0 Å². The van der Waals surface area contributed by atoms with E-state index in [0.717, 1.165) is 12.8 Å². The summed E-state index contributed by atoms with van der Waals surface area (Å²) in [5.41, 5.74) is 0. The molecule has 0 spiro atoms. The van der Waals surface area contributed by atoms with Gasteiger partial charge in [0.25, 0.3) is 0 Å². The van der Waals surface area contributed by atoms with Gasteiger partial charge >= 0.3 is 0 Å². The Labute approximate surface area is 132 Å². The van der Waals surface area contributed by atoms with Crippen LogP contribution in [0.5, 0.6) is 0 Å². The number of rotatable bonds is 12. The summed E-state index contributed by atoms with van der Waals surface area (Å²) >= 11 is 0. The summed E-state index contributed by atoms with van der Waals surface area (Å²) in [5, 5.41) is 56.2. The van der Waals surface area contributed by atoms with Crippen LogP contribution in [0.1, 0.15) is 19.8 Å². The second-order valence-corrected chi connectivity index (χ2v) is 5.48. The molecule has 0 radical (unpaired) electrons. The highest BCUT2D eigenvalue weighted by molar-refractivity contribution is 4.63. The Morgan fingerprint density at radius 3 is 1.33 bits per heavy atom. The van der Waals surface area contributed by atoms with E-state index in [0.29, 0.717) is 6.54 Å². The first-order chi connectivity index (χ1) is 9.42. The van der Waals surface area contributed by atoms with Crippen molar-refractivity contribution in [2.75, 3.05) is 46.0 Å². The molecule has 0 saturated heterocycles. The second-order valence-electron chi connectivity index (χ2n) is 5.48. The number of aliphatic hydroxyl groups is 6. The fraction of sp³-hybridized carbons (Fsp3) is 1.00. The van der Waals surface area contributed by atoms with Crippen molar-refractivity contribution < 1.29 is 47.5 Å². The van der Waals surface area contributed by atoms with Gasteiger partial charge in [0.05, 0.1) is 26.4 Å². The van der Waals surface area contributed by atoms with E-state index in [2.05, 4.69) is 0 Å². The first-order valence-corrected chi connectivity index (χ1v) is 7.14. The zero-order valence-corrected chi connectivity index (χ0v) is 13.4. The minimum absolute atomic E-state index is 0. The fourth-order valence-electron chi connectivity index (χ4n) is 2.51. The van der Waals surface area contributed by atoms with E-state index < -0.39 is 38.1 Å². The zero-order valence-electron chi connectivity index (χ0n) is 12.6. The van der Waals surface area contributed by atoms with Crippen molar-refractivity contribution in [1.29, 1.82) is 0 Å². The van der Waals surface area contributed by atoms with Gasteiger partial charge in [-0.1, -0.05) is 13.3 Å². The molecule has 0 aliphatic heterocycles. The summed E-state index contributed by atoms with van der Waals surface area (Å²) in [4.78, 5) is 0. The lowest BCUT2D eigenvalue weighted by Crippen LogP contribution is -3.00. The SMILES string of the molecule is CCCC[N+](CC(O)CO)(CC(O)CO)CC(O)CO.[Cl-]. The van der Waals surface area contributed by atoms with E-state index >= 15 is 0 Å². The molecule has 0 aromatic rings. The molecule has 6 N–H and O–H groups in total. The lowest BCUT2D eigenvalue weighted by Gasteiger charge is -2.42. The van der Waals surface area contributed by atoms with Crippen LogP contribution in [0.3, 0.4) is 0 Å².